The van der Waals surface area contributed by atoms with Crippen molar-refractivity contribution >= 4 is 24.2 Å². The quantitative estimate of drug-likeness (QED) is 0.107. The number of carboxylic acid groups (broad SMARTS) is 3. The van der Waals surface area contributed by atoms with E-state index in [4.69, 9.17) is 32.2 Å². The van der Waals surface area contributed by atoms with Gasteiger partial charge in [0, 0.05) is 6.54 Å². The Bertz CT molecular complexity index is 321. The standard InChI is InChI=1S/C6H14N4O2.C2H2O5/c7-4(5(11)12)2-1-3-10-6(8)9;3-1(4)7-2(5)6/h4H,1-3,7H2,(H,11,12)(H4,8,9,10);(H,3,4)(H,5,6). The van der Waals surface area contributed by atoms with E-state index in [1.54, 1.807) is 0 Å². The van der Waals surface area contributed by atoms with Crippen LogP contribution in [0.5, 0.6) is 0 Å². The summed E-state index contributed by atoms with van der Waals surface area (Å²) in [6.45, 7) is 0.482. The highest BCUT2D eigenvalue weighted by Crippen LogP contribution is 1.92. The molecule has 0 amide bonds. The lowest BCUT2D eigenvalue weighted by Gasteiger charge is -2.06. The van der Waals surface area contributed by atoms with E-state index in [-0.39, 0.29) is 5.96 Å². The molecule has 0 aliphatic heterocycles. The predicted octanol–water partition coefficient (Wildman–Crippen LogP) is -0.979. The Labute approximate surface area is 107 Å². The molecule has 0 heterocycles. The molecule has 0 saturated carbocycles. The second kappa shape index (κ2) is 10.6. The van der Waals surface area contributed by atoms with Crippen LogP contribution in [0.4, 0.5) is 9.59 Å². The molecule has 0 radical (unpaired) electrons. The summed E-state index contributed by atoms with van der Waals surface area (Å²) in [5.41, 5.74) is 10.2. The number of nitrogens with one attached hydrogen (secondary N) is 2. The summed E-state index contributed by atoms with van der Waals surface area (Å²) < 4.78 is 3.08. The molecule has 1 unspecified atom stereocenters. The van der Waals surface area contributed by atoms with Crippen molar-refractivity contribution in [2.75, 3.05) is 6.54 Å². The minimum atomic E-state index is -1.81. The smallest absolute Gasteiger partial charge is 0.480 e. The Morgan fingerprint density at radius 3 is 1.95 bits per heavy atom. The monoisotopic (exact) mass is 280 g/mol. The summed E-state index contributed by atoms with van der Waals surface area (Å²) in [5, 5.41) is 32.7. The van der Waals surface area contributed by atoms with E-state index in [0.717, 1.165) is 0 Å². The number of nitrogens with two attached hydrogens (primary N) is 2. The molecular weight excluding hydrogens is 264 g/mol. The lowest BCUT2D eigenvalue weighted by molar-refractivity contribution is -0.138. The Hall–Kier alpha value is -2.56. The second-order valence-corrected chi connectivity index (χ2v) is 3.06. The van der Waals surface area contributed by atoms with Gasteiger partial charge in [-0.2, -0.15) is 0 Å². The van der Waals surface area contributed by atoms with Crippen LogP contribution in [0.3, 0.4) is 0 Å². The molecule has 0 spiro atoms. The highest BCUT2D eigenvalue weighted by molar-refractivity contribution is 5.74. The zero-order chi connectivity index (χ0) is 15.4. The van der Waals surface area contributed by atoms with E-state index >= 15 is 0 Å². The van der Waals surface area contributed by atoms with Gasteiger partial charge in [-0.15, -0.1) is 0 Å². The van der Waals surface area contributed by atoms with Gasteiger partial charge in [0.1, 0.15) is 6.04 Å². The van der Waals surface area contributed by atoms with Gasteiger partial charge < -0.3 is 36.8 Å². The highest BCUT2D eigenvalue weighted by Gasteiger charge is 2.09. The average molecular weight is 280 g/mol. The molecule has 11 heteroatoms. The van der Waals surface area contributed by atoms with E-state index in [1.165, 1.54) is 0 Å². The molecular formula is C8H16N4O7. The Morgan fingerprint density at radius 1 is 1.21 bits per heavy atom. The summed E-state index contributed by atoms with van der Waals surface area (Å²) in [4.78, 5) is 28.6. The van der Waals surface area contributed by atoms with Crippen molar-refractivity contribution in [3.05, 3.63) is 0 Å². The van der Waals surface area contributed by atoms with Crippen LogP contribution in [-0.2, 0) is 9.53 Å². The van der Waals surface area contributed by atoms with Crippen LogP contribution in [0.1, 0.15) is 12.8 Å². The Kier molecular flexibility index (Phi) is 10.5. The molecule has 0 saturated heterocycles. The van der Waals surface area contributed by atoms with Gasteiger partial charge >= 0.3 is 18.3 Å². The fourth-order valence-corrected chi connectivity index (χ4v) is 0.743. The van der Waals surface area contributed by atoms with Crippen LogP contribution in [0.2, 0.25) is 0 Å². The summed E-state index contributed by atoms with van der Waals surface area (Å²) in [7, 11) is 0. The summed E-state index contributed by atoms with van der Waals surface area (Å²) >= 11 is 0. The van der Waals surface area contributed by atoms with Crippen LogP contribution >= 0.6 is 0 Å². The van der Waals surface area contributed by atoms with Crippen molar-refractivity contribution in [1.82, 2.24) is 5.32 Å². The molecule has 0 aromatic rings. The van der Waals surface area contributed by atoms with Crippen molar-refractivity contribution in [2.45, 2.75) is 18.9 Å². The van der Waals surface area contributed by atoms with Crippen molar-refractivity contribution in [1.29, 1.82) is 5.41 Å². The van der Waals surface area contributed by atoms with Gasteiger partial charge in [0.15, 0.2) is 5.96 Å². The average Bonchev–Trinajstić information content (AvgIpc) is 2.22. The van der Waals surface area contributed by atoms with Gasteiger partial charge in [-0.3, -0.25) is 10.2 Å². The molecule has 0 aromatic heterocycles. The molecule has 0 aromatic carbocycles. The lowest BCUT2D eigenvalue weighted by Crippen LogP contribution is -2.34. The third kappa shape index (κ3) is 18.0. The highest BCUT2D eigenvalue weighted by atomic mass is 16.7. The first-order valence-corrected chi connectivity index (χ1v) is 4.86. The van der Waals surface area contributed by atoms with Gasteiger partial charge in [-0.1, -0.05) is 0 Å². The molecule has 0 fully saturated rings. The summed E-state index contributed by atoms with van der Waals surface area (Å²) in [5.74, 6) is -1.11. The van der Waals surface area contributed by atoms with E-state index in [0.29, 0.717) is 19.4 Å². The van der Waals surface area contributed by atoms with E-state index in [2.05, 4.69) is 10.1 Å². The fourth-order valence-electron chi connectivity index (χ4n) is 0.743. The topological polar surface area (TPSA) is 209 Å². The van der Waals surface area contributed by atoms with Crippen molar-refractivity contribution in [2.24, 2.45) is 11.5 Å². The van der Waals surface area contributed by atoms with E-state index in [9.17, 15) is 14.4 Å². The molecule has 0 bridgehead atoms. The number of guanidine groups is 1. The maximum absolute atomic E-state index is 10.2. The van der Waals surface area contributed by atoms with Crippen LogP contribution < -0.4 is 16.8 Å². The van der Waals surface area contributed by atoms with Crippen molar-refractivity contribution in [3.63, 3.8) is 0 Å². The normalized spacial score (nSPS) is 10.4. The van der Waals surface area contributed by atoms with Gasteiger partial charge in [0.05, 0.1) is 0 Å². The van der Waals surface area contributed by atoms with Crippen molar-refractivity contribution < 1.29 is 34.4 Å². The Morgan fingerprint density at radius 2 is 1.68 bits per heavy atom. The predicted molar refractivity (Wildman–Crippen MR) is 61.9 cm³/mol. The molecule has 0 aliphatic carbocycles. The van der Waals surface area contributed by atoms with Gasteiger partial charge in [-0.05, 0) is 12.8 Å². The van der Waals surface area contributed by atoms with Crippen LogP contribution in [0, 0.1) is 5.41 Å². The molecule has 0 aliphatic rings. The van der Waals surface area contributed by atoms with Gasteiger partial charge in [0.25, 0.3) is 0 Å². The summed E-state index contributed by atoms with van der Waals surface area (Å²) in [6.07, 6.45) is -2.65. The van der Waals surface area contributed by atoms with Gasteiger partial charge in [0.2, 0.25) is 0 Å². The fraction of sp³-hybridized carbons (Fsp3) is 0.500. The van der Waals surface area contributed by atoms with Crippen LogP contribution in [0.15, 0.2) is 0 Å². The van der Waals surface area contributed by atoms with Gasteiger partial charge in [-0.25, -0.2) is 9.59 Å². The van der Waals surface area contributed by atoms with E-state index in [1.807, 2.05) is 0 Å². The lowest BCUT2D eigenvalue weighted by atomic mass is 10.2. The molecule has 9 N–H and O–H groups in total. The number of carbonyl (C=O) groups is 3. The maximum Gasteiger partial charge on any atom is 0.516 e. The first-order valence-electron chi connectivity index (χ1n) is 4.86. The van der Waals surface area contributed by atoms with Crippen molar-refractivity contribution in [3.8, 4) is 0 Å². The largest absolute Gasteiger partial charge is 0.516 e. The minimum Gasteiger partial charge on any atom is -0.480 e. The third-order valence-electron chi connectivity index (χ3n) is 1.50. The minimum absolute atomic E-state index is 0.112. The van der Waals surface area contributed by atoms with Crippen LogP contribution in [-0.4, -0.2) is 52.1 Å². The number of carboxylic acids is 1. The van der Waals surface area contributed by atoms with Crippen LogP contribution in [0.25, 0.3) is 0 Å². The molecule has 19 heavy (non-hydrogen) atoms. The zero-order valence-electron chi connectivity index (χ0n) is 9.83. The first-order chi connectivity index (χ1) is 8.66. The molecule has 1 atom stereocenters. The molecule has 11 nitrogen and oxygen atoms in total. The molecule has 0 rings (SSSR count). The summed E-state index contributed by atoms with van der Waals surface area (Å²) in [6, 6.07) is -0.821. The zero-order valence-corrected chi connectivity index (χ0v) is 9.83. The Balaban J connectivity index is 0. The number of aliphatic carboxylic acids is 1. The number of hydrogen-bond donors (Lipinski definition) is 7. The SMILES string of the molecule is N=C(N)NCCCC(N)C(=O)O.O=C(O)OC(=O)O. The number of ether oxygens (including phenoxy) is 1. The second-order valence-electron chi connectivity index (χ2n) is 3.06. The van der Waals surface area contributed by atoms with E-state index < -0.39 is 24.3 Å². The number of hydrogen-bond acceptors (Lipinski definition) is 6. The number of rotatable bonds is 5. The maximum atomic E-state index is 10.2. The first kappa shape index (κ1) is 18.8. The molecule has 110 valence electrons. The third-order valence-corrected chi connectivity index (χ3v) is 1.50.